The highest BCUT2D eigenvalue weighted by atomic mass is 16.5. The van der Waals surface area contributed by atoms with Crippen LogP contribution in [0.5, 0.6) is 0 Å². The van der Waals surface area contributed by atoms with Gasteiger partial charge in [0.15, 0.2) is 5.78 Å². The number of carbonyl (C=O) groups excluding carboxylic acids is 2. The SMILES string of the molecule is CCOC(=O)c1cc2cc(CC(=O)[C@H]3NCC[C@H]3c3ccccc3C)ccc2o1. The lowest BCUT2D eigenvalue weighted by Crippen LogP contribution is -2.36. The van der Waals surface area contributed by atoms with E-state index in [9.17, 15) is 9.59 Å². The predicted octanol–water partition coefficient (Wildman–Crippen LogP) is 4.18. The highest BCUT2D eigenvalue weighted by Crippen LogP contribution is 2.31. The molecule has 150 valence electrons. The fraction of sp³-hybridized carbons (Fsp3) is 0.333. The first-order valence-electron chi connectivity index (χ1n) is 10.1. The Morgan fingerprint density at radius 3 is 2.79 bits per heavy atom. The third-order valence-corrected chi connectivity index (χ3v) is 5.59. The summed E-state index contributed by atoms with van der Waals surface area (Å²) < 4.78 is 10.5. The molecule has 0 bridgehead atoms. The topological polar surface area (TPSA) is 68.5 Å². The number of esters is 1. The van der Waals surface area contributed by atoms with Crippen LogP contribution in [-0.4, -0.2) is 30.9 Å². The predicted molar refractivity (Wildman–Crippen MR) is 111 cm³/mol. The number of nitrogens with one attached hydrogen (secondary N) is 1. The van der Waals surface area contributed by atoms with Crippen molar-refractivity contribution in [1.29, 1.82) is 0 Å². The number of hydrogen-bond donors (Lipinski definition) is 1. The number of ketones is 1. The van der Waals surface area contributed by atoms with Crippen molar-refractivity contribution in [2.45, 2.75) is 38.6 Å². The van der Waals surface area contributed by atoms with Crippen LogP contribution < -0.4 is 5.32 Å². The van der Waals surface area contributed by atoms with E-state index in [0.717, 1.165) is 23.9 Å². The van der Waals surface area contributed by atoms with Crippen molar-refractivity contribution in [2.24, 2.45) is 0 Å². The van der Waals surface area contributed by atoms with Crippen LogP contribution in [0.1, 0.15) is 46.5 Å². The number of ether oxygens (including phenoxy) is 1. The van der Waals surface area contributed by atoms with Gasteiger partial charge in [-0.1, -0.05) is 30.3 Å². The molecule has 1 fully saturated rings. The number of fused-ring (bicyclic) bond motifs is 1. The molecule has 1 aromatic heterocycles. The van der Waals surface area contributed by atoms with Gasteiger partial charge in [-0.2, -0.15) is 0 Å². The summed E-state index contributed by atoms with van der Waals surface area (Å²) in [7, 11) is 0. The molecule has 1 saturated heterocycles. The van der Waals surface area contributed by atoms with Gasteiger partial charge in [-0.05, 0) is 61.7 Å². The number of carbonyl (C=O) groups is 2. The molecule has 0 unspecified atom stereocenters. The Morgan fingerprint density at radius 2 is 2.00 bits per heavy atom. The van der Waals surface area contributed by atoms with Crippen molar-refractivity contribution in [1.82, 2.24) is 5.32 Å². The number of furan rings is 1. The van der Waals surface area contributed by atoms with Gasteiger partial charge in [0.1, 0.15) is 5.58 Å². The van der Waals surface area contributed by atoms with Crippen LogP contribution in [0.3, 0.4) is 0 Å². The summed E-state index contributed by atoms with van der Waals surface area (Å²) >= 11 is 0. The second-order valence-corrected chi connectivity index (χ2v) is 7.53. The minimum absolute atomic E-state index is 0.175. The molecule has 0 radical (unpaired) electrons. The first kappa shape index (κ1) is 19.4. The average Bonchev–Trinajstić information content (AvgIpc) is 3.35. The maximum absolute atomic E-state index is 13.1. The van der Waals surface area contributed by atoms with E-state index in [1.807, 2.05) is 30.3 Å². The molecule has 1 aliphatic heterocycles. The number of hydrogen-bond acceptors (Lipinski definition) is 5. The molecule has 5 heteroatoms. The lowest BCUT2D eigenvalue weighted by Gasteiger charge is -2.20. The average molecular weight is 391 g/mol. The van der Waals surface area contributed by atoms with Crippen molar-refractivity contribution in [2.75, 3.05) is 13.2 Å². The molecule has 5 nitrogen and oxygen atoms in total. The Morgan fingerprint density at radius 1 is 1.17 bits per heavy atom. The van der Waals surface area contributed by atoms with Gasteiger partial charge in [0.05, 0.1) is 12.6 Å². The van der Waals surface area contributed by atoms with E-state index in [0.29, 0.717) is 18.6 Å². The van der Waals surface area contributed by atoms with E-state index >= 15 is 0 Å². The molecule has 0 amide bonds. The van der Waals surface area contributed by atoms with Crippen LogP contribution in [0.4, 0.5) is 0 Å². The van der Waals surface area contributed by atoms with E-state index in [1.165, 1.54) is 11.1 Å². The molecule has 2 aromatic carbocycles. The Bertz CT molecular complexity index is 1050. The van der Waals surface area contributed by atoms with Crippen LogP contribution in [0, 0.1) is 6.92 Å². The van der Waals surface area contributed by atoms with Crippen molar-refractivity contribution in [3.63, 3.8) is 0 Å². The van der Waals surface area contributed by atoms with Crippen LogP contribution >= 0.6 is 0 Å². The Labute approximate surface area is 170 Å². The van der Waals surface area contributed by atoms with Gasteiger partial charge in [-0.25, -0.2) is 4.79 Å². The van der Waals surface area contributed by atoms with E-state index in [-0.39, 0.29) is 23.5 Å². The molecule has 2 heterocycles. The van der Waals surface area contributed by atoms with Crippen LogP contribution in [0.25, 0.3) is 11.0 Å². The van der Waals surface area contributed by atoms with Crippen LogP contribution in [0.15, 0.2) is 52.9 Å². The molecular formula is C24H25NO4. The Kier molecular flexibility index (Phi) is 5.49. The summed E-state index contributed by atoms with van der Waals surface area (Å²) in [6.45, 7) is 5.00. The number of benzene rings is 2. The summed E-state index contributed by atoms with van der Waals surface area (Å²) in [6.07, 6.45) is 1.31. The third kappa shape index (κ3) is 3.96. The highest BCUT2D eigenvalue weighted by molar-refractivity contribution is 5.93. The molecule has 29 heavy (non-hydrogen) atoms. The fourth-order valence-electron chi connectivity index (χ4n) is 4.20. The second kappa shape index (κ2) is 8.21. The lowest BCUT2D eigenvalue weighted by atomic mass is 9.85. The maximum Gasteiger partial charge on any atom is 0.374 e. The fourth-order valence-corrected chi connectivity index (χ4v) is 4.20. The molecule has 4 rings (SSSR count). The third-order valence-electron chi connectivity index (χ3n) is 5.59. The van der Waals surface area contributed by atoms with Gasteiger partial charge < -0.3 is 14.5 Å². The zero-order chi connectivity index (χ0) is 20.4. The molecule has 1 aliphatic rings. The molecule has 3 aromatic rings. The zero-order valence-corrected chi connectivity index (χ0v) is 16.7. The van der Waals surface area contributed by atoms with Crippen molar-refractivity contribution < 1.29 is 18.7 Å². The van der Waals surface area contributed by atoms with Crippen LogP contribution in [0.2, 0.25) is 0 Å². The maximum atomic E-state index is 13.1. The van der Waals surface area contributed by atoms with E-state index in [2.05, 4.69) is 24.4 Å². The molecule has 2 atom stereocenters. The number of Topliss-reactive ketones (excluding diaryl/α,β-unsaturated/α-hetero) is 1. The van der Waals surface area contributed by atoms with Gasteiger partial charge in [0, 0.05) is 17.7 Å². The summed E-state index contributed by atoms with van der Waals surface area (Å²) in [5, 5.41) is 4.19. The molecule has 0 spiro atoms. The smallest absolute Gasteiger partial charge is 0.374 e. The Balaban J connectivity index is 1.52. The Hall–Kier alpha value is -2.92. The van der Waals surface area contributed by atoms with Crippen LogP contribution in [-0.2, 0) is 16.0 Å². The van der Waals surface area contributed by atoms with Gasteiger partial charge >= 0.3 is 5.97 Å². The molecule has 1 N–H and O–H groups in total. The summed E-state index contributed by atoms with van der Waals surface area (Å²) in [6, 6.07) is 15.4. The van der Waals surface area contributed by atoms with Crippen molar-refractivity contribution in [3.05, 3.63) is 71.0 Å². The van der Waals surface area contributed by atoms with Gasteiger partial charge in [0.25, 0.3) is 0 Å². The quantitative estimate of drug-likeness (QED) is 0.639. The monoisotopic (exact) mass is 391 g/mol. The molecule has 0 aliphatic carbocycles. The largest absolute Gasteiger partial charge is 0.460 e. The first-order chi connectivity index (χ1) is 14.1. The van der Waals surface area contributed by atoms with E-state index in [1.54, 1.807) is 13.0 Å². The van der Waals surface area contributed by atoms with Gasteiger partial charge in [-0.15, -0.1) is 0 Å². The van der Waals surface area contributed by atoms with Crippen molar-refractivity contribution in [3.8, 4) is 0 Å². The van der Waals surface area contributed by atoms with Crippen molar-refractivity contribution >= 4 is 22.7 Å². The number of rotatable bonds is 6. The summed E-state index contributed by atoms with van der Waals surface area (Å²) in [5.41, 5.74) is 4.00. The highest BCUT2D eigenvalue weighted by Gasteiger charge is 2.34. The molecular weight excluding hydrogens is 366 g/mol. The first-order valence-corrected chi connectivity index (χ1v) is 10.1. The zero-order valence-electron chi connectivity index (χ0n) is 16.7. The van der Waals surface area contributed by atoms with Gasteiger partial charge in [-0.3, -0.25) is 4.79 Å². The van der Waals surface area contributed by atoms with Gasteiger partial charge in [0.2, 0.25) is 5.76 Å². The van der Waals surface area contributed by atoms with E-state index in [4.69, 9.17) is 9.15 Å². The number of aryl methyl sites for hydroxylation is 1. The minimum Gasteiger partial charge on any atom is -0.460 e. The second-order valence-electron chi connectivity index (χ2n) is 7.53. The minimum atomic E-state index is -0.474. The summed E-state index contributed by atoms with van der Waals surface area (Å²) in [5.74, 6) is 0.0981. The normalized spacial score (nSPS) is 18.8. The lowest BCUT2D eigenvalue weighted by molar-refractivity contribution is -0.120. The molecule has 0 saturated carbocycles. The summed E-state index contributed by atoms with van der Waals surface area (Å²) in [4.78, 5) is 25.0. The standard InChI is InChI=1S/C24H25NO4/c1-3-28-24(27)22-14-17-12-16(8-9-21(17)29-22)13-20(26)23-19(10-11-25-23)18-7-5-4-6-15(18)2/h4-9,12,14,19,23,25H,3,10-11,13H2,1-2H3/t19-,23-/m0/s1. The van der Waals surface area contributed by atoms with E-state index < -0.39 is 5.97 Å².